The van der Waals surface area contributed by atoms with Crippen molar-refractivity contribution in [3.8, 4) is 0 Å². The lowest BCUT2D eigenvalue weighted by Gasteiger charge is -2.15. The standard InChI is InChI=1S/C17H18BrClN4O2/c1-11-12(17(19)23(3)21-11)8-9-16(25)22(2)10-15(24)20-14-7-5-4-6-13(14)18/h4-9H,10H2,1-3H3,(H,20,24)/b9-8+. The van der Waals surface area contributed by atoms with Crippen LogP contribution in [0.3, 0.4) is 0 Å². The van der Waals surface area contributed by atoms with E-state index in [0.29, 0.717) is 16.4 Å². The lowest BCUT2D eigenvalue weighted by atomic mass is 10.2. The molecule has 0 aliphatic heterocycles. The zero-order chi connectivity index (χ0) is 18.6. The van der Waals surface area contributed by atoms with E-state index in [1.165, 1.54) is 15.7 Å². The van der Waals surface area contributed by atoms with Crippen molar-refractivity contribution in [2.45, 2.75) is 6.92 Å². The Labute approximate surface area is 159 Å². The van der Waals surface area contributed by atoms with Gasteiger partial charge in [0, 0.05) is 30.2 Å². The van der Waals surface area contributed by atoms with Gasteiger partial charge in [0.1, 0.15) is 5.15 Å². The van der Waals surface area contributed by atoms with Gasteiger partial charge in [-0.1, -0.05) is 23.7 Å². The number of amides is 2. The van der Waals surface area contributed by atoms with Gasteiger partial charge in [0.25, 0.3) is 0 Å². The van der Waals surface area contributed by atoms with Gasteiger partial charge in [-0.2, -0.15) is 5.10 Å². The summed E-state index contributed by atoms with van der Waals surface area (Å²) in [6.07, 6.45) is 2.98. The SMILES string of the molecule is Cc1nn(C)c(Cl)c1/C=C/C(=O)N(C)CC(=O)Nc1ccccc1Br. The van der Waals surface area contributed by atoms with E-state index < -0.39 is 0 Å². The fourth-order valence-electron chi connectivity index (χ4n) is 2.16. The first kappa shape index (κ1) is 19.2. The Morgan fingerprint density at radius 3 is 2.68 bits per heavy atom. The van der Waals surface area contributed by atoms with Crippen LogP contribution in [0.25, 0.3) is 6.08 Å². The first-order valence-electron chi connectivity index (χ1n) is 7.46. The first-order valence-corrected chi connectivity index (χ1v) is 8.63. The fraction of sp³-hybridized carbons (Fsp3) is 0.235. The zero-order valence-corrected chi connectivity index (χ0v) is 16.4. The van der Waals surface area contributed by atoms with Crippen molar-refractivity contribution in [3.05, 3.63) is 51.2 Å². The highest BCUT2D eigenvalue weighted by molar-refractivity contribution is 9.10. The van der Waals surface area contributed by atoms with Gasteiger partial charge < -0.3 is 10.2 Å². The average Bonchev–Trinajstić information content (AvgIpc) is 2.80. The largest absolute Gasteiger partial charge is 0.333 e. The maximum absolute atomic E-state index is 12.2. The smallest absolute Gasteiger partial charge is 0.246 e. The molecule has 6 nitrogen and oxygen atoms in total. The van der Waals surface area contributed by atoms with E-state index in [1.54, 1.807) is 26.2 Å². The monoisotopic (exact) mass is 424 g/mol. The van der Waals surface area contributed by atoms with Crippen LogP contribution in [0.2, 0.25) is 5.15 Å². The summed E-state index contributed by atoms with van der Waals surface area (Å²) in [5.41, 5.74) is 2.07. The number of para-hydroxylation sites is 1. The lowest BCUT2D eigenvalue weighted by molar-refractivity contribution is -0.129. The number of benzene rings is 1. The quantitative estimate of drug-likeness (QED) is 0.748. The van der Waals surface area contributed by atoms with Crippen LogP contribution in [-0.2, 0) is 16.6 Å². The van der Waals surface area contributed by atoms with Crippen LogP contribution in [0.4, 0.5) is 5.69 Å². The highest BCUT2D eigenvalue weighted by Gasteiger charge is 2.13. The summed E-state index contributed by atoms with van der Waals surface area (Å²) in [5.74, 6) is -0.590. The fourth-order valence-corrected chi connectivity index (χ4v) is 2.78. The molecule has 0 fully saturated rings. The molecule has 1 aromatic carbocycles. The van der Waals surface area contributed by atoms with Crippen LogP contribution in [0.15, 0.2) is 34.8 Å². The van der Waals surface area contributed by atoms with E-state index in [0.717, 1.165) is 10.2 Å². The van der Waals surface area contributed by atoms with Crippen LogP contribution in [0.1, 0.15) is 11.3 Å². The topological polar surface area (TPSA) is 67.2 Å². The summed E-state index contributed by atoms with van der Waals surface area (Å²) in [5, 5.41) is 7.38. The number of hydrogen-bond donors (Lipinski definition) is 1. The predicted octanol–water partition coefficient (Wildman–Crippen LogP) is 3.25. The summed E-state index contributed by atoms with van der Waals surface area (Å²) in [6.45, 7) is 1.75. The van der Waals surface area contributed by atoms with Crippen LogP contribution in [-0.4, -0.2) is 40.1 Å². The number of aromatic nitrogens is 2. The van der Waals surface area contributed by atoms with Crippen LogP contribution in [0.5, 0.6) is 0 Å². The number of carbonyl (C=O) groups excluding carboxylic acids is 2. The molecule has 0 bridgehead atoms. The molecule has 0 spiro atoms. The Morgan fingerprint density at radius 1 is 1.40 bits per heavy atom. The molecule has 1 N–H and O–H groups in total. The number of nitrogens with one attached hydrogen (secondary N) is 1. The van der Waals surface area contributed by atoms with Gasteiger partial charge in [-0.3, -0.25) is 14.3 Å². The number of aryl methyl sites for hydroxylation is 2. The van der Waals surface area contributed by atoms with Crippen LogP contribution in [0, 0.1) is 6.92 Å². The van der Waals surface area contributed by atoms with Gasteiger partial charge in [-0.25, -0.2) is 0 Å². The molecule has 2 rings (SSSR count). The number of anilines is 1. The molecule has 25 heavy (non-hydrogen) atoms. The number of likely N-dealkylation sites (N-methyl/N-ethyl adjacent to an activating group) is 1. The van der Waals surface area contributed by atoms with Crippen molar-refractivity contribution >= 4 is 51.1 Å². The van der Waals surface area contributed by atoms with E-state index in [1.807, 2.05) is 25.1 Å². The predicted molar refractivity (Wildman–Crippen MR) is 102 cm³/mol. The van der Waals surface area contributed by atoms with Crippen molar-refractivity contribution in [3.63, 3.8) is 0 Å². The number of nitrogens with zero attached hydrogens (tertiary/aromatic N) is 3. The van der Waals surface area contributed by atoms with E-state index in [2.05, 4.69) is 26.3 Å². The molecule has 0 aliphatic carbocycles. The van der Waals surface area contributed by atoms with Crippen molar-refractivity contribution in [2.24, 2.45) is 7.05 Å². The van der Waals surface area contributed by atoms with Gasteiger partial charge in [0.05, 0.1) is 17.9 Å². The van der Waals surface area contributed by atoms with Gasteiger partial charge in [-0.05, 0) is 41.1 Å². The van der Waals surface area contributed by atoms with Crippen molar-refractivity contribution in [1.82, 2.24) is 14.7 Å². The van der Waals surface area contributed by atoms with Gasteiger partial charge in [0.2, 0.25) is 11.8 Å². The third-order valence-corrected chi connectivity index (χ3v) is 4.63. The second-order valence-electron chi connectivity index (χ2n) is 5.47. The molecule has 0 unspecified atom stereocenters. The molecular weight excluding hydrogens is 408 g/mol. The highest BCUT2D eigenvalue weighted by Crippen LogP contribution is 2.21. The second kappa shape index (κ2) is 8.31. The van der Waals surface area contributed by atoms with E-state index >= 15 is 0 Å². The van der Waals surface area contributed by atoms with E-state index in [4.69, 9.17) is 11.6 Å². The van der Waals surface area contributed by atoms with Crippen LogP contribution < -0.4 is 5.32 Å². The molecular formula is C17H18BrClN4O2. The Bertz CT molecular complexity index is 832. The van der Waals surface area contributed by atoms with Gasteiger partial charge in [0.15, 0.2) is 0 Å². The molecule has 0 saturated heterocycles. The van der Waals surface area contributed by atoms with Crippen molar-refractivity contribution < 1.29 is 9.59 Å². The second-order valence-corrected chi connectivity index (χ2v) is 6.68. The van der Waals surface area contributed by atoms with Crippen molar-refractivity contribution in [1.29, 1.82) is 0 Å². The summed E-state index contributed by atoms with van der Waals surface area (Å²) in [4.78, 5) is 25.6. The third-order valence-electron chi connectivity index (χ3n) is 3.49. The maximum atomic E-state index is 12.2. The Hall–Kier alpha value is -2.12. The number of halogens is 2. The Morgan fingerprint density at radius 2 is 2.08 bits per heavy atom. The van der Waals surface area contributed by atoms with Crippen molar-refractivity contribution in [2.75, 3.05) is 18.9 Å². The molecule has 0 atom stereocenters. The van der Waals surface area contributed by atoms with Gasteiger partial charge >= 0.3 is 0 Å². The Balaban J connectivity index is 1.97. The lowest BCUT2D eigenvalue weighted by Crippen LogP contribution is -2.33. The number of carbonyl (C=O) groups is 2. The van der Waals surface area contributed by atoms with Gasteiger partial charge in [-0.15, -0.1) is 0 Å². The van der Waals surface area contributed by atoms with E-state index in [-0.39, 0.29) is 18.4 Å². The minimum absolute atomic E-state index is 0.0652. The first-order chi connectivity index (χ1) is 11.8. The number of rotatable bonds is 5. The van der Waals surface area contributed by atoms with Crippen LogP contribution >= 0.6 is 27.5 Å². The molecule has 2 aromatic rings. The van der Waals surface area contributed by atoms with E-state index in [9.17, 15) is 9.59 Å². The zero-order valence-electron chi connectivity index (χ0n) is 14.1. The third kappa shape index (κ3) is 4.93. The molecule has 2 amide bonds. The molecule has 0 aliphatic rings. The normalized spacial score (nSPS) is 10.9. The molecule has 0 radical (unpaired) electrons. The Kier molecular flexibility index (Phi) is 6.39. The molecule has 0 saturated carbocycles. The highest BCUT2D eigenvalue weighted by atomic mass is 79.9. The molecule has 8 heteroatoms. The minimum Gasteiger partial charge on any atom is -0.333 e. The molecule has 1 aromatic heterocycles. The number of hydrogen-bond acceptors (Lipinski definition) is 3. The molecule has 132 valence electrons. The summed E-state index contributed by atoms with van der Waals surface area (Å²) in [7, 11) is 3.29. The average molecular weight is 426 g/mol. The molecule has 1 heterocycles. The summed E-state index contributed by atoms with van der Waals surface area (Å²) in [6, 6.07) is 7.27. The maximum Gasteiger partial charge on any atom is 0.246 e. The summed E-state index contributed by atoms with van der Waals surface area (Å²) < 4.78 is 2.31. The summed E-state index contributed by atoms with van der Waals surface area (Å²) >= 11 is 9.48. The minimum atomic E-state index is -0.304.